The van der Waals surface area contributed by atoms with Crippen molar-refractivity contribution in [3.8, 4) is 11.1 Å². The SMILES string of the molecule is CC(C)CCCc1c(C(C)C)nc(C(C)C)c(CO)c1-c1ccc(F)cc1. The third-order valence-electron chi connectivity index (χ3n) is 5.06. The van der Waals surface area contributed by atoms with Crippen molar-refractivity contribution in [2.24, 2.45) is 5.92 Å². The van der Waals surface area contributed by atoms with Gasteiger partial charge in [-0.3, -0.25) is 4.98 Å². The summed E-state index contributed by atoms with van der Waals surface area (Å²) in [5.41, 5.74) is 6.19. The maximum atomic E-state index is 13.5. The highest BCUT2D eigenvalue weighted by atomic mass is 19.1. The number of hydrogen-bond donors (Lipinski definition) is 1. The molecule has 0 fully saturated rings. The van der Waals surface area contributed by atoms with Gasteiger partial charge in [-0.15, -0.1) is 0 Å². The number of rotatable bonds is 8. The molecular weight excluding hydrogens is 337 g/mol. The summed E-state index contributed by atoms with van der Waals surface area (Å²) in [7, 11) is 0. The number of aromatic nitrogens is 1. The monoisotopic (exact) mass is 371 g/mol. The highest BCUT2D eigenvalue weighted by molar-refractivity contribution is 5.73. The molecule has 3 heteroatoms. The van der Waals surface area contributed by atoms with E-state index in [4.69, 9.17) is 4.98 Å². The fraction of sp³-hybridized carbons (Fsp3) is 0.542. The van der Waals surface area contributed by atoms with Crippen LogP contribution in [-0.2, 0) is 13.0 Å². The topological polar surface area (TPSA) is 33.1 Å². The second-order valence-electron chi connectivity index (χ2n) is 8.47. The van der Waals surface area contributed by atoms with Crippen molar-refractivity contribution in [3.63, 3.8) is 0 Å². The molecule has 27 heavy (non-hydrogen) atoms. The van der Waals surface area contributed by atoms with Crippen molar-refractivity contribution >= 4 is 0 Å². The van der Waals surface area contributed by atoms with Gasteiger partial charge in [-0.1, -0.05) is 60.1 Å². The Morgan fingerprint density at radius 1 is 0.889 bits per heavy atom. The third-order valence-corrected chi connectivity index (χ3v) is 5.06. The van der Waals surface area contributed by atoms with Crippen LogP contribution in [0.1, 0.15) is 88.7 Å². The molecular formula is C24H34FNO. The zero-order valence-electron chi connectivity index (χ0n) is 17.6. The fourth-order valence-electron chi connectivity index (χ4n) is 3.72. The first-order chi connectivity index (χ1) is 12.8. The van der Waals surface area contributed by atoms with Crippen LogP contribution in [0.25, 0.3) is 11.1 Å². The second-order valence-corrected chi connectivity index (χ2v) is 8.47. The lowest BCUT2D eigenvalue weighted by Gasteiger charge is -2.24. The van der Waals surface area contributed by atoms with Gasteiger partial charge in [0.05, 0.1) is 6.61 Å². The summed E-state index contributed by atoms with van der Waals surface area (Å²) in [6.07, 6.45) is 3.16. The molecule has 148 valence electrons. The number of nitrogens with zero attached hydrogens (tertiary/aromatic N) is 1. The summed E-state index contributed by atoms with van der Waals surface area (Å²) in [6, 6.07) is 6.64. The third kappa shape index (κ3) is 5.16. The zero-order valence-corrected chi connectivity index (χ0v) is 17.6. The van der Waals surface area contributed by atoms with Crippen molar-refractivity contribution in [1.82, 2.24) is 4.98 Å². The first kappa shape index (κ1) is 21.6. The molecule has 0 atom stereocenters. The largest absolute Gasteiger partial charge is 0.392 e. The Bertz CT molecular complexity index is 748. The zero-order chi connectivity index (χ0) is 20.1. The molecule has 1 N–H and O–H groups in total. The maximum absolute atomic E-state index is 13.5. The Hall–Kier alpha value is -1.74. The molecule has 0 aliphatic rings. The van der Waals surface area contributed by atoms with Gasteiger partial charge in [0.25, 0.3) is 0 Å². The number of aliphatic hydroxyl groups excluding tert-OH is 1. The van der Waals surface area contributed by atoms with E-state index in [1.807, 2.05) is 12.1 Å². The number of pyridine rings is 1. The summed E-state index contributed by atoms with van der Waals surface area (Å²) in [5.74, 6) is 0.923. The molecule has 0 saturated heterocycles. The van der Waals surface area contributed by atoms with Crippen LogP contribution < -0.4 is 0 Å². The Kier molecular flexibility index (Phi) is 7.55. The van der Waals surface area contributed by atoms with Gasteiger partial charge in [-0.2, -0.15) is 0 Å². The van der Waals surface area contributed by atoms with Crippen LogP contribution in [0.5, 0.6) is 0 Å². The maximum Gasteiger partial charge on any atom is 0.123 e. The predicted molar refractivity (Wildman–Crippen MR) is 112 cm³/mol. The van der Waals surface area contributed by atoms with E-state index in [0.717, 1.165) is 47.3 Å². The van der Waals surface area contributed by atoms with E-state index in [9.17, 15) is 9.50 Å². The highest BCUT2D eigenvalue weighted by Crippen LogP contribution is 2.37. The van der Waals surface area contributed by atoms with E-state index in [1.165, 1.54) is 17.7 Å². The number of aliphatic hydroxyl groups is 1. The Morgan fingerprint density at radius 3 is 1.93 bits per heavy atom. The number of halogens is 1. The van der Waals surface area contributed by atoms with Gasteiger partial charge >= 0.3 is 0 Å². The van der Waals surface area contributed by atoms with Gasteiger partial charge in [0.1, 0.15) is 5.82 Å². The lowest BCUT2D eigenvalue weighted by Crippen LogP contribution is -2.12. The molecule has 0 amide bonds. The van der Waals surface area contributed by atoms with E-state index in [1.54, 1.807) is 0 Å². The van der Waals surface area contributed by atoms with Gasteiger partial charge in [-0.25, -0.2) is 4.39 Å². The number of hydrogen-bond acceptors (Lipinski definition) is 2. The Balaban J connectivity index is 2.73. The van der Waals surface area contributed by atoms with Crippen LogP contribution in [0.3, 0.4) is 0 Å². The van der Waals surface area contributed by atoms with Crippen molar-refractivity contribution in [2.45, 2.75) is 79.2 Å². The van der Waals surface area contributed by atoms with E-state index in [0.29, 0.717) is 11.8 Å². The molecule has 0 radical (unpaired) electrons. The summed E-state index contributed by atoms with van der Waals surface area (Å²) >= 11 is 0. The molecule has 0 spiro atoms. The minimum Gasteiger partial charge on any atom is -0.392 e. The minimum atomic E-state index is -0.243. The highest BCUT2D eigenvalue weighted by Gasteiger charge is 2.23. The minimum absolute atomic E-state index is 0.0528. The Labute approximate surface area is 163 Å². The lowest BCUT2D eigenvalue weighted by atomic mass is 9.85. The summed E-state index contributed by atoms with van der Waals surface area (Å²) in [4.78, 5) is 5.01. The average molecular weight is 372 g/mol. The van der Waals surface area contributed by atoms with Crippen molar-refractivity contribution in [1.29, 1.82) is 0 Å². The summed E-state index contributed by atoms with van der Waals surface area (Å²) < 4.78 is 13.5. The van der Waals surface area contributed by atoms with Crippen LogP contribution in [0.4, 0.5) is 4.39 Å². The van der Waals surface area contributed by atoms with Gasteiger partial charge in [0, 0.05) is 17.0 Å². The molecule has 0 saturated carbocycles. The predicted octanol–water partition coefficient (Wildman–Crippen LogP) is 6.61. The van der Waals surface area contributed by atoms with Gasteiger partial charge < -0.3 is 5.11 Å². The number of benzene rings is 1. The normalized spacial score (nSPS) is 11.8. The van der Waals surface area contributed by atoms with E-state index in [-0.39, 0.29) is 18.3 Å². The van der Waals surface area contributed by atoms with Crippen LogP contribution in [0.2, 0.25) is 0 Å². The van der Waals surface area contributed by atoms with Crippen LogP contribution in [-0.4, -0.2) is 10.1 Å². The second kappa shape index (κ2) is 9.45. The molecule has 1 aromatic heterocycles. The summed E-state index contributed by atoms with van der Waals surface area (Å²) in [6.45, 7) is 13.0. The van der Waals surface area contributed by atoms with E-state index in [2.05, 4.69) is 41.5 Å². The Morgan fingerprint density at radius 2 is 1.44 bits per heavy atom. The van der Waals surface area contributed by atoms with E-state index >= 15 is 0 Å². The van der Waals surface area contributed by atoms with Crippen LogP contribution >= 0.6 is 0 Å². The molecule has 0 aliphatic heterocycles. The van der Waals surface area contributed by atoms with Crippen molar-refractivity contribution in [2.75, 3.05) is 0 Å². The molecule has 2 nitrogen and oxygen atoms in total. The van der Waals surface area contributed by atoms with Crippen LogP contribution in [0, 0.1) is 11.7 Å². The molecule has 0 unspecified atom stereocenters. The van der Waals surface area contributed by atoms with Gasteiger partial charge in [0.15, 0.2) is 0 Å². The molecule has 2 aromatic rings. The quantitative estimate of drug-likeness (QED) is 0.566. The van der Waals surface area contributed by atoms with Gasteiger partial charge in [-0.05, 0) is 59.4 Å². The molecule has 0 aliphatic carbocycles. The van der Waals surface area contributed by atoms with Crippen molar-refractivity contribution < 1.29 is 9.50 Å². The summed E-state index contributed by atoms with van der Waals surface area (Å²) in [5, 5.41) is 10.2. The average Bonchev–Trinajstić information content (AvgIpc) is 2.60. The van der Waals surface area contributed by atoms with Crippen LogP contribution in [0.15, 0.2) is 24.3 Å². The molecule has 0 bridgehead atoms. The smallest absolute Gasteiger partial charge is 0.123 e. The first-order valence-corrected chi connectivity index (χ1v) is 10.2. The molecule has 2 rings (SSSR count). The van der Waals surface area contributed by atoms with Gasteiger partial charge in [0.2, 0.25) is 0 Å². The first-order valence-electron chi connectivity index (χ1n) is 10.2. The molecule has 1 aromatic carbocycles. The fourth-order valence-corrected chi connectivity index (χ4v) is 3.72. The standard InChI is InChI=1S/C24H34FNO/c1-15(2)8-7-9-20-22(18-10-12-19(25)13-11-18)21(14-27)24(17(5)6)26-23(20)16(3)4/h10-13,15-17,27H,7-9,14H2,1-6H3. The lowest BCUT2D eigenvalue weighted by molar-refractivity contribution is 0.279. The van der Waals surface area contributed by atoms with Crippen molar-refractivity contribution in [3.05, 3.63) is 52.6 Å². The molecule has 1 heterocycles. The van der Waals surface area contributed by atoms with E-state index < -0.39 is 0 Å².